The molecule has 1 amide bonds. The number of aryl methyl sites for hydroxylation is 1. The lowest BCUT2D eigenvalue weighted by Crippen LogP contribution is -2.29. The summed E-state index contributed by atoms with van der Waals surface area (Å²) in [6.45, 7) is 1.15. The van der Waals surface area contributed by atoms with Gasteiger partial charge in [0.2, 0.25) is 5.89 Å². The first kappa shape index (κ1) is 15.0. The van der Waals surface area contributed by atoms with Crippen LogP contribution in [0.2, 0.25) is 0 Å². The first-order valence-electron chi connectivity index (χ1n) is 8.19. The fraction of sp³-hybridized carbons (Fsp3) is 0.467. The van der Waals surface area contributed by atoms with Gasteiger partial charge in [-0.05, 0) is 11.8 Å². The van der Waals surface area contributed by atoms with Gasteiger partial charge in [0.05, 0.1) is 6.33 Å². The normalized spacial score (nSPS) is 24.2. The van der Waals surface area contributed by atoms with Gasteiger partial charge in [-0.15, -0.1) is 0 Å². The van der Waals surface area contributed by atoms with Crippen LogP contribution in [0.1, 0.15) is 17.6 Å². The average Bonchev–Trinajstić information content (AvgIpc) is 3.05. The third kappa shape index (κ3) is 2.13. The number of nitrogens with zero attached hydrogens (tertiary/aromatic N) is 7. The van der Waals surface area contributed by atoms with Crippen molar-refractivity contribution in [3.05, 3.63) is 34.7 Å². The van der Waals surface area contributed by atoms with Gasteiger partial charge < -0.3 is 19.1 Å². The summed E-state index contributed by atoms with van der Waals surface area (Å²) in [6, 6.07) is 0. The van der Waals surface area contributed by atoms with E-state index in [0.717, 1.165) is 0 Å². The molecule has 1 aliphatic carbocycles. The Bertz CT molecular complexity index is 1070. The lowest BCUT2D eigenvalue weighted by atomic mass is 10.2. The van der Waals surface area contributed by atoms with Gasteiger partial charge in [-0.3, -0.25) is 9.36 Å². The van der Waals surface area contributed by atoms with E-state index in [4.69, 9.17) is 9.63 Å². The van der Waals surface area contributed by atoms with Gasteiger partial charge in [-0.25, -0.2) is 14.8 Å². The minimum absolute atomic E-state index is 0.128. The molecule has 5 rings (SSSR count). The Kier molecular flexibility index (Phi) is 2.97. The van der Waals surface area contributed by atoms with Crippen molar-refractivity contribution in [1.29, 1.82) is 0 Å². The van der Waals surface area contributed by atoms with Gasteiger partial charge in [-0.1, -0.05) is 5.16 Å². The van der Waals surface area contributed by atoms with Crippen molar-refractivity contribution in [2.45, 2.75) is 12.5 Å². The van der Waals surface area contributed by atoms with Crippen molar-refractivity contribution in [3.63, 3.8) is 0 Å². The fourth-order valence-corrected chi connectivity index (χ4v) is 3.86. The summed E-state index contributed by atoms with van der Waals surface area (Å²) in [5.74, 6) is 1.56. The van der Waals surface area contributed by atoms with Crippen molar-refractivity contribution in [2.75, 3.05) is 13.1 Å². The van der Waals surface area contributed by atoms with E-state index >= 15 is 0 Å². The number of rotatable bonds is 3. The van der Waals surface area contributed by atoms with Crippen LogP contribution in [-0.2, 0) is 13.6 Å². The van der Waals surface area contributed by atoms with Gasteiger partial charge in [0, 0.05) is 26.1 Å². The van der Waals surface area contributed by atoms with E-state index in [0.29, 0.717) is 36.0 Å². The maximum atomic E-state index is 12.5. The molecule has 0 radical (unpaired) electrons. The lowest BCUT2D eigenvalue weighted by molar-refractivity contribution is 0.149. The molecule has 1 saturated carbocycles. The number of likely N-dealkylation sites (tertiary alicyclic amines) is 1. The van der Waals surface area contributed by atoms with E-state index in [9.17, 15) is 9.59 Å². The smallest absolute Gasteiger partial charge is 0.407 e. The molecule has 1 N–H and O–H groups in total. The highest BCUT2D eigenvalue weighted by molar-refractivity contribution is 5.68. The zero-order chi connectivity index (χ0) is 18.0. The number of carboxylic acid groups (broad SMARTS) is 1. The molecule has 26 heavy (non-hydrogen) atoms. The Morgan fingerprint density at radius 1 is 1.31 bits per heavy atom. The Balaban J connectivity index is 1.35. The molecule has 4 heterocycles. The maximum Gasteiger partial charge on any atom is 0.407 e. The summed E-state index contributed by atoms with van der Waals surface area (Å²) in [6.07, 6.45) is 2.07. The highest BCUT2D eigenvalue weighted by Gasteiger charge is 2.59. The summed E-state index contributed by atoms with van der Waals surface area (Å²) in [4.78, 5) is 37.6. The van der Waals surface area contributed by atoms with Crippen LogP contribution in [0.25, 0.3) is 11.2 Å². The predicted octanol–water partition coefficient (Wildman–Crippen LogP) is -0.116. The van der Waals surface area contributed by atoms with E-state index in [1.165, 1.54) is 15.8 Å². The van der Waals surface area contributed by atoms with Crippen molar-refractivity contribution in [2.24, 2.45) is 18.9 Å². The summed E-state index contributed by atoms with van der Waals surface area (Å²) in [5, 5.41) is 13.0. The van der Waals surface area contributed by atoms with Gasteiger partial charge >= 0.3 is 6.09 Å². The largest absolute Gasteiger partial charge is 0.465 e. The Morgan fingerprint density at radius 2 is 2.04 bits per heavy atom. The summed E-state index contributed by atoms with van der Waals surface area (Å²) in [5.41, 5.74) is 0.585. The molecule has 3 atom stereocenters. The van der Waals surface area contributed by atoms with Crippen LogP contribution >= 0.6 is 0 Å². The third-order valence-corrected chi connectivity index (χ3v) is 5.25. The molecule has 0 aromatic carbocycles. The summed E-state index contributed by atoms with van der Waals surface area (Å²) < 4.78 is 8.32. The molecular formula is C15H15N7O4. The first-order valence-corrected chi connectivity index (χ1v) is 8.19. The predicted molar refractivity (Wildman–Crippen MR) is 85.5 cm³/mol. The van der Waals surface area contributed by atoms with Gasteiger partial charge in [0.15, 0.2) is 17.0 Å². The van der Waals surface area contributed by atoms with Crippen LogP contribution in [0.15, 0.2) is 22.0 Å². The van der Waals surface area contributed by atoms with Gasteiger partial charge in [0.25, 0.3) is 5.56 Å². The number of imidazole rings is 1. The molecule has 3 aromatic heterocycles. The van der Waals surface area contributed by atoms with E-state index in [1.54, 1.807) is 17.9 Å². The van der Waals surface area contributed by atoms with E-state index in [-0.39, 0.29) is 29.9 Å². The molecule has 0 unspecified atom stereocenters. The fourth-order valence-electron chi connectivity index (χ4n) is 3.86. The Morgan fingerprint density at radius 3 is 2.77 bits per heavy atom. The highest BCUT2D eigenvalue weighted by atomic mass is 16.5. The standard InChI is InChI=1S/C15H15N7O4/c1-20-5-16-13-11(20)14(23)22(6-17-13)4-9-18-12(19-26-9)10-7-2-21(15(24)25)3-8(7)10/h5-8,10H,2-4H2,1H3,(H,24,25)/t7-,8+,10+. The van der Waals surface area contributed by atoms with Crippen molar-refractivity contribution in [3.8, 4) is 0 Å². The molecule has 134 valence electrons. The number of fused-ring (bicyclic) bond motifs is 2. The number of hydrogen-bond acceptors (Lipinski definition) is 7. The lowest BCUT2D eigenvalue weighted by Gasteiger charge is -2.14. The molecule has 2 aliphatic rings. The van der Waals surface area contributed by atoms with Gasteiger partial charge in [-0.2, -0.15) is 4.98 Å². The number of amides is 1. The first-order chi connectivity index (χ1) is 12.5. The number of aromatic nitrogens is 6. The second-order valence-electron chi connectivity index (χ2n) is 6.79. The van der Waals surface area contributed by atoms with E-state index in [2.05, 4.69) is 20.1 Å². The van der Waals surface area contributed by atoms with Crippen LogP contribution < -0.4 is 5.56 Å². The topological polar surface area (TPSA) is 132 Å². The zero-order valence-corrected chi connectivity index (χ0v) is 13.8. The van der Waals surface area contributed by atoms with E-state index < -0.39 is 6.09 Å². The Hall–Kier alpha value is -3.24. The molecule has 11 heteroatoms. The molecule has 1 saturated heterocycles. The van der Waals surface area contributed by atoms with Crippen molar-refractivity contribution in [1.82, 2.24) is 34.1 Å². The minimum atomic E-state index is -0.887. The summed E-state index contributed by atoms with van der Waals surface area (Å²) in [7, 11) is 1.74. The third-order valence-electron chi connectivity index (χ3n) is 5.25. The van der Waals surface area contributed by atoms with Crippen LogP contribution in [0.4, 0.5) is 4.79 Å². The molecule has 1 aliphatic heterocycles. The van der Waals surface area contributed by atoms with Crippen LogP contribution in [0, 0.1) is 11.8 Å². The molecule has 11 nitrogen and oxygen atoms in total. The molecule has 0 bridgehead atoms. The second-order valence-corrected chi connectivity index (χ2v) is 6.79. The van der Waals surface area contributed by atoms with Crippen molar-refractivity contribution >= 4 is 17.3 Å². The Labute approximate surface area is 145 Å². The average molecular weight is 357 g/mol. The van der Waals surface area contributed by atoms with Crippen LogP contribution in [-0.4, -0.2) is 58.4 Å². The van der Waals surface area contributed by atoms with Gasteiger partial charge in [0.1, 0.15) is 12.9 Å². The maximum absolute atomic E-state index is 12.5. The quantitative estimate of drug-likeness (QED) is 0.686. The second kappa shape index (κ2) is 5.13. The molecular weight excluding hydrogens is 342 g/mol. The summed E-state index contributed by atoms with van der Waals surface area (Å²) >= 11 is 0. The number of piperidine rings is 1. The molecule has 2 fully saturated rings. The SMILES string of the molecule is Cn1cnc2ncn(Cc3nc([C@H]4[C@@H]5CN(C(=O)O)C[C@@H]54)no3)c(=O)c21. The zero-order valence-electron chi connectivity index (χ0n) is 13.8. The van der Waals surface area contributed by atoms with Crippen LogP contribution in [0.5, 0.6) is 0 Å². The number of carbonyl (C=O) groups is 1. The number of hydrogen-bond donors (Lipinski definition) is 1. The highest BCUT2D eigenvalue weighted by Crippen LogP contribution is 2.57. The van der Waals surface area contributed by atoms with E-state index in [1.807, 2.05) is 0 Å². The molecule has 0 spiro atoms. The minimum Gasteiger partial charge on any atom is -0.465 e. The van der Waals surface area contributed by atoms with Crippen LogP contribution in [0.3, 0.4) is 0 Å². The van der Waals surface area contributed by atoms with Crippen molar-refractivity contribution < 1.29 is 14.4 Å². The monoisotopic (exact) mass is 357 g/mol. The molecule has 3 aromatic rings.